The van der Waals surface area contributed by atoms with E-state index in [1.165, 1.54) is 0 Å². The molecule has 0 heterocycles. The normalized spacial score (nSPS) is 24.0. The molecular weight excluding hydrogens is 91.0 g/mol. The summed E-state index contributed by atoms with van der Waals surface area (Å²) in [5.74, 6) is 0. The van der Waals surface area contributed by atoms with Crippen molar-refractivity contribution >= 4 is 8.20 Å². The Morgan fingerprint density at radius 3 is 2.60 bits per heavy atom. The average Bonchev–Trinajstić information content (AvgIpc) is 1.35. The molecule has 0 saturated carbocycles. The lowest BCUT2D eigenvalue weighted by Crippen LogP contribution is -1.57. The van der Waals surface area contributed by atoms with Crippen molar-refractivity contribution in [2.24, 2.45) is 0 Å². The van der Waals surface area contributed by atoms with Crippen molar-refractivity contribution in [3.63, 3.8) is 0 Å². The average molecular weight is 98.0 g/mol. The van der Waals surface area contributed by atoms with Crippen molar-refractivity contribution in [2.45, 2.75) is 0 Å². The van der Waals surface area contributed by atoms with Crippen molar-refractivity contribution in [2.75, 3.05) is 7.11 Å². The van der Waals surface area contributed by atoms with Crippen LogP contribution in [0.15, 0.2) is 0 Å². The van der Waals surface area contributed by atoms with E-state index in [2.05, 4.69) is 4.52 Å². The number of hydrogen-bond acceptors (Lipinski definition) is 2. The van der Waals surface area contributed by atoms with Gasteiger partial charge in [-0.1, -0.05) is 0 Å². The molecule has 3 nitrogen and oxygen atoms in total. The van der Waals surface area contributed by atoms with Crippen LogP contribution >= 0.6 is 8.20 Å². The fraction of sp³-hybridized carbons (Fsp3) is 1.00. The highest BCUT2D eigenvalue weighted by Crippen LogP contribution is 2.09. The molecule has 0 aliphatic heterocycles. The van der Waals surface area contributed by atoms with Crippen LogP contribution in [0.4, 0.5) is 0 Å². The molecule has 0 aliphatic carbocycles. The van der Waals surface area contributed by atoms with E-state index in [1.807, 2.05) is 0 Å². The quantitative estimate of drug-likeness (QED) is 0.470. The maximum atomic E-state index is 9.58. The third kappa shape index (κ3) is 4.15. The summed E-state index contributed by atoms with van der Waals surface area (Å²) in [5.41, 5.74) is 0. The smallest absolute Gasteiger partial charge is 0.316 e. The predicted octanol–water partition coefficient (Wildman–Crippen LogP) is 0.0148. The molecule has 0 aromatic heterocycles. The third-order valence-corrected chi connectivity index (χ3v) is 0.469. The first-order valence-electron chi connectivity index (χ1n) is 1.42. The molecule has 0 amide bonds. The van der Waals surface area contributed by atoms with Gasteiger partial charge in [-0.3, -0.25) is 4.57 Å². The molecule has 0 fully saturated rings. The minimum absolute atomic E-state index is 1.01. The zero-order valence-electron chi connectivity index (χ0n) is 3.71. The van der Waals surface area contributed by atoms with Gasteiger partial charge in [-0.15, -0.1) is 0 Å². The predicted molar refractivity (Wildman–Crippen MR) is 18.2 cm³/mol. The van der Waals surface area contributed by atoms with Crippen molar-refractivity contribution in [1.29, 1.82) is 1.28 Å². The summed E-state index contributed by atoms with van der Waals surface area (Å²) in [6.45, 7) is 0. The van der Waals surface area contributed by atoms with Gasteiger partial charge in [0.1, 0.15) is 0 Å². The number of rotatable bonds is 1. The van der Waals surface area contributed by atoms with Gasteiger partial charge in [0.15, 0.2) is 1.28 Å². The van der Waals surface area contributed by atoms with E-state index in [0.717, 1.165) is 7.11 Å². The van der Waals surface area contributed by atoms with E-state index in [0.29, 0.717) is 0 Å². The van der Waals surface area contributed by atoms with E-state index in [-0.39, 0.29) is 0 Å². The standard InChI is InChI=1S/CH5O3P/c1-4-5(2)3/h5H,1H3,(H,2,3)/i5T. The first kappa shape index (κ1) is 3.34. The van der Waals surface area contributed by atoms with Gasteiger partial charge in [-0.05, 0) is 0 Å². The molecule has 1 atom stereocenters. The molecule has 0 aromatic carbocycles. The first-order valence-corrected chi connectivity index (χ1v) is 2.10. The van der Waals surface area contributed by atoms with Crippen LogP contribution in [0, 0.1) is 0 Å². The Labute approximate surface area is 31.8 Å². The molecular formula is CH5O3P. The highest BCUT2D eigenvalue weighted by atomic mass is 31.1. The Hall–Kier alpha value is 0.150. The molecule has 4 heteroatoms. The highest BCUT2D eigenvalue weighted by molar-refractivity contribution is 7.32. The molecule has 0 saturated heterocycles. The molecule has 5 heavy (non-hydrogen) atoms. The second kappa shape index (κ2) is 2.39. The van der Waals surface area contributed by atoms with Crippen molar-refractivity contribution in [3.05, 3.63) is 0 Å². The van der Waals surface area contributed by atoms with E-state index >= 15 is 0 Å². The Bertz CT molecular complexity index is 74.9. The van der Waals surface area contributed by atoms with E-state index in [1.54, 1.807) is 0 Å². The molecule has 0 bridgehead atoms. The van der Waals surface area contributed by atoms with Crippen LogP contribution in [0.5, 0.6) is 0 Å². The summed E-state index contributed by atoms with van der Waals surface area (Å²) in [5, 5.41) is 0. The van der Waals surface area contributed by atoms with Gasteiger partial charge in [0.25, 0.3) is 0 Å². The summed E-state index contributed by atoms with van der Waals surface area (Å²) in [4.78, 5) is 7.83. The molecule has 0 aromatic rings. The second-order valence-electron chi connectivity index (χ2n) is 0.420. The third-order valence-electron chi connectivity index (χ3n) is 0.156. The van der Waals surface area contributed by atoms with Gasteiger partial charge in [0, 0.05) is 7.11 Å². The monoisotopic (exact) mass is 98.0 g/mol. The largest absolute Gasteiger partial charge is 0.326 e. The minimum atomic E-state index is -3.90. The van der Waals surface area contributed by atoms with Crippen molar-refractivity contribution in [1.82, 2.24) is 0 Å². The molecule has 1 N–H and O–H groups in total. The molecule has 32 valence electrons. The van der Waals surface area contributed by atoms with Gasteiger partial charge in [0.05, 0.1) is 0 Å². The summed E-state index contributed by atoms with van der Waals surface area (Å²) in [6.07, 6.45) is 0. The van der Waals surface area contributed by atoms with Gasteiger partial charge in [-0.2, -0.15) is 0 Å². The van der Waals surface area contributed by atoms with Crippen LogP contribution in [0.3, 0.4) is 0 Å². The van der Waals surface area contributed by atoms with Crippen LogP contribution in [-0.2, 0) is 9.09 Å². The Kier molecular flexibility index (Phi) is 1.60. The van der Waals surface area contributed by atoms with Crippen LogP contribution in [0.2, 0.25) is 0 Å². The Balaban J connectivity index is 3.48. The second-order valence-corrected chi connectivity index (χ2v) is 1.26. The van der Waals surface area contributed by atoms with Gasteiger partial charge >= 0.3 is 8.20 Å². The lowest BCUT2D eigenvalue weighted by Gasteiger charge is -1.78. The zero-order chi connectivity index (χ0) is 5.21. The van der Waals surface area contributed by atoms with Crippen molar-refractivity contribution < 1.29 is 14.0 Å². The fourth-order valence-corrected chi connectivity index (χ4v) is 0. The molecule has 0 spiro atoms. The molecule has 0 radical (unpaired) electrons. The SMILES string of the molecule is [3H]P(=O)(O)OC. The van der Waals surface area contributed by atoms with Crippen LogP contribution in [0.25, 0.3) is 0 Å². The summed E-state index contributed by atoms with van der Waals surface area (Å²) >= 11 is 0. The van der Waals surface area contributed by atoms with Crippen LogP contribution in [0.1, 0.15) is 0 Å². The van der Waals surface area contributed by atoms with Crippen LogP contribution < -0.4 is 0 Å². The Morgan fingerprint density at radius 2 is 2.60 bits per heavy atom. The minimum Gasteiger partial charge on any atom is -0.326 e. The number of hydrogen-bond donors (Lipinski definition) is 1. The summed E-state index contributed by atoms with van der Waals surface area (Å²) in [7, 11) is -2.89. The van der Waals surface area contributed by atoms with Gasteiger partial charge in [-0.25, -0.2) is 0 Å². The summed E-state index contributed by atoms with van der Waals surface area (Å²) < 4.78 is 19.4. The molecule has 1 unspecified atom stereocenters. The lowest BCUT2D eigenvalue weighted by molar-refractivity contribution is 0.343. The van der Waals surface area contributed by atoms with Gasteiger partial charge in [0.2, 0.25) is 0 Å². The van der Waals surface area contributed by atoms with E-state index in [9.17, 15) is 4.57 Å². The first-order chi connectivity index (χ1) is 2.56. The lowest BCUT2D eigenvalue weighted by atomic mass is 11.8. The highest BCUT2D eigenvalue weighted by Gasteiger charge is 1.74. The molecule has 0 rings (SSSR count). The van der Waals surface area contributed by atoms with E-state index in [4.69, 9.17) is 6.17 Å². The molecule has 0 aliphatic rings. The maximum Gasteiger partial charge on any atom is 0.316 e. The Morgan fingerprint density at radius 1 is 2.40 bits per heavy atom. The van der Waals surface area contributed by atoms with Crippen molar-refractivity contribution in [3.8, 4) is 0 Å². The fourth-order valence-electron chi connectivity index (χ4n) is 0. The van der Waals surface area contributed by atoms with Crippen LogP contribution in [-0.4, -0.2) is 13.3 Å². The zero-order valence-corrected chi connectivity index (χ0v) is 3.61. The maximum absolute atomic E-state index is 9.58. The summed E-state index contributed by atoms with van der Waals surface area (Å²) in [6, 6.07) is 0. The van der Waals surface area contributed by atoms with E-state index < -0.39 is 8.20 Å². The van der Waals surface area contributed by atoms with Gasteiger partial charge < -0.3 is 9.42 Å². The topological polar surface area (TPSA) is 46.5 Å².